The zero-order valence-electron chi connectivity index (χ0n) is 16.7. The molecule has 0 radical (unpaired) electrons. The van der Waals surface area contributed by atoms with Gasteiger partial charge in [0, 0.05) is 36.7 Å². The van der Waals surface area contributed by atoms with Crippen molar-refractivity contribution in [2.45, 2.75) is 26.1 Å². The Labute approximate surface area is 177 Å². The number of allylic oxidation sites excluding steroid dienone is 1. The van der Waals surface area contributed by atoms with Crippen molar-refractivity contribution < 1.29 is 18.3 Å². The van der Waals surface area contributed by atoms with Crippen LogP contribution in [-0.2, 0) is 11.8 Å². The Morgan fingerprint density at radius 2 is 2.03 bits per heavy atom. The lowest BCUT2D eigenvalue weighted by Crippen LogP contribution is -2.29. The van der Waals surface area contributed by atoms with Gasteiger partial charge in [-0.1, -0.05) is 11.6 Å². The molecule has 0 unspecified atom stereocenters. The Morgan fingerprint density at radius 3 is 2.73 bits per heavy atom. The van der Waals surface area contributed by atoms with Gasteiger partial charge in [0.2, 0.25) is 11.8 Å². The molecule has 10 heteroatoms. The summed E-state index contributed by atoms with van der Waals surface area (Å²) < 4.78 is 36.3. The molecule has 0 aromatic carbocycles. The first kappa shape index (κ1) is 20.5. The van der Waals surface area contributed by atoms with E-state index in [0.29, 0.717) is 11.3 Å². The van der Waals surface area contributed by atoms with E-state index in [2.05, 4.69) is 15.1 Å². The fourth-order valence-electron chi connectivity index (χ4n) is 3.77. The molecule has 2 atom stereocenters. The highest BCUT2D eigenvalue weighted by atomic mass is 35.5. The average Bonchev–Trinajstić information content (AvgIpc) is 3.15. The van der Waals surface area contributed by atoms with Crippen molar-refractivity contribution >= 4 is 23.6 Å². The maximum absolute atomic E-state index is 14.7. The van der Waals surface area contributed by atoms with E-state index in [0.717, 1.165) is 17.0 Å². The van der Waals surface area contributed by atoms with Crippen molar-refractivity contribution in [3.05, 3.63) is 40.2 Å². The number of likely N-dealkylation sites (tertiary alicyclic amines) is 1. The minimum absolute atomic E-state index is 0.0154. The summed E-state index contributed by atoms with van der Waals surface area (Å²) in [6, 6.07) is 2.87. The minimum atomic E-state index is -1.37. The Morgan fingerprint density at radius 1 is 1.27 bits per heavy atom. The van der Waals surface area contributed by atoms with Crippen molar-refractivity contribution in [2.75, 3.05) is 19.6 Å². The molecular weight excluding hydrogens is 416 g/mol. The van der Waals surface area contributed by atoms with Crippen molar-refractivity contribution in [3.63, 3.8) is 0 Å². The molecule has 0 N–H and O–H groups in total. The molecule has 2 aliphatic rings. The number of hydrogen-bond donors (Lipinski definition) is 0. The number of pyridine rings is 1. The number of ether oxygens (including phenoxy) is 1. The number of halogens is 3. The third-order valence-corrected chi connectivity index (χ3v) is 5.70. The second-order valence-corrected chi connectivity index (χ2v) is 7.73. The zero-order valence-corrected chi connectivity index (χ0v) is 17.5. The first-order valence-corrected chi connectivity index (χ1v) is 9.79. The summed E-state index contributed by atoms with van der Waals surface area (Å²) in [5.74, 6) is -1.06. The van der Waals surface area contributed by atoms with Crippen LogP contribution in [0.4, 0.5) is 8.78 Å². The van der Waals surface area contributed by atoms with Gasteiger partial charge in [-0.3, -0.25) is 14.5 Å². The molecular formula is C20H20ClF2N5O2. The Bertz CT molecular complexity index is 1080. The standard InChI is InChI=1S/C20H20ClF2N5O2/c1-10-19(11(2)27(3)26-10)12-4-17(23)25-18(5-12)30-16-9-28(8-13(16)22)14-6-24-7-15(29)20(14)21/h4-6,13,16H,7-9H2,1-3H3/t13-,16-/m0/s1. The lowest BCUT2D eigenvalue weighted by molar-refractivity contribution is -0.113. The summed E-state index contributed by atoms with van der Waals surface area (Å²) in [4.78, 5) is 21.1. The number of aliphatic imine (C=N–C) groups is 1. The molecule has 2 aromatic rings. The maximum atomic E-state index is 14.7. The van der Waals surface area contributed by atoms with Gasteiger partial charge in [0.05, 0.1) is 24.5 Å². The quantitative estimate of drug-likeness (QED) is 0.690. The van der Waals surface area contributed by atoms with E-state index in [9.17, 15) is 13.6 Å². The number of dihydropyridines is 1. The first-order valence-electron chi connectivity index (χ1n) is 9.41. The van der Waals surface area contributed by atoms with Gasteiger partial charge in [0.25, 0.3) is 0 Å². The number of Topliss-reactive ketones (excluding diaryl/α,β-unsaturated/α-hetero) is 1. The molecule has 0 spiro atoms. The van der Waals surface area contributed by atoms with E-state index in [1.54, 1.807) is 22.7 Å². The Balaban J connectivity index is 1.58. The van der Waals surface area contributed by atoms with Crippen molar-refractivity contribution in [2.24, 2.45) is 12.0 Å². The molecule has 0 amide bonds. The molecule has 4 heterocycles. The summed E-state index contributed by atoms with van der Waals surface area (Å²) in [6.07, 6.45) is -0.806. The van der Waals surface area contributed by atoms with E-state index in [1.165, 1.54) is 12.3 Å². The van der Waals surface area contributed by atoms with Gasteiger partial charge in [0.15, 0.2) is 18.1 Å². The fourth-order valence-corrected chi connectivity index (χ4v) is 4.00. The van der Waals surface area contributed by atoms with Crippen molar-refractivity contribution in [1.29, 1.82) is 0 Å². The topological polar surface area (TPSA) is 72.6 Å². The summed E-state index contributed by atoms with van der Waals surface area (Å²) in [5.41, 5.74) is 3.31. The molecule has 2 aromatic heterocycles. The summed E-state index contributed by atoms with van der Waals surface area (Å²) in [7, 11) is 1.81. The summed E-state index contributed by atoms with van der Waals surface area (Å²) in [6.45, 7) is 3.81. The number of alkyl halides is 1. The smallest absolute Gasteiger partial charge is 0.216 e. The van der Waals surface area contributed by atoms with E-state index >= 15 is 0 Å². The van der Waals surface area contributed by atoms with Crippen LogP contribution in [0.2, 0.25) is 0 Å². The average molecular weight is 436 g/mol. The Kier molecular flexibility index (Phi) is 5.31. The lowest BCUT2D eigenvalue weighted by Gasteiger charge is -2.21. The Hall–Kier alpha value is -2.81. The molecule has 0 bridgehead atoms. The van der Waals surface area contributed by atoms with Crippen molar-refractivity contribution in [1.82, 2.24) is 19.7 Å². The van der Waals surface area contributed by atoms with Gasteiger partial charge in [-0.15, -0.1) is 0 Å². The predicted octanol–water partition coefficient (Wildman–Crippen LogP) is 2.74. The highest BCUT2D eigenvalue weighted by molar-refractivity contribution is 6.44. The lowest BCUT2D eigenvalue weighted by atomic mass is 10.1. The van der Waals surface area contributed by atoms with Gasteiger partial charge in [-0.25, -0.2) is 4.39 Å². The number of ketones is 1. The van der Waals surface area contributed by atoms with Gasteiger partial charge in [-0.2, -0.15) is 14.5 Å². The van der Waals surface area contributed by atoms with Crippen LogP contribution in [0.25, 0.3) is 11.1 Å². The van der Waals surface area contributed by atoms with Crippen LogP contribution in [0.5, 0.6) is 5.88 Å². The second kappa shape index (κ2) is 7.79. The molecule has 2 aliphatic heterocycles. The summed E-state index contributed by atoms with van der Waals surface area (Å²) in [5, 5.41) is 4.38. The van der Waals surface area contributed by atoms with E-state index in [-0.39, 0.29) is 36.3 Å². The van der Waals surface area contributed by atoms with Crippen LogP contribution < -0.4 is 4.74 Å². The third-order valence-electron chi connectivity index (χ3n) is 5.30. The normalized spacial score (nSPS) is 21.7. The van der Waals surface area contributed by atoms with E-state index in [4.69, 9.17) is 16.3 Å². The SMILES string of the molecule is Cc1nn(C)c(C)c1-c1cc(F)nc(O[C@H]2CN(C3=C(Cl)C(=O)CN=C3)C[C@@H]2F)c1. The van der Waals surface area contributed by atoms with Gasteiger partial charge >= 0.3 is 0 Å². The molecule has 0 saturated carbocycles. The summed E-state index contributed by atoms with van der Waals surface area (Å²) >= 11 is 6.07. The molecule has 158 valence electrons. The van der Waals surface area contributed by atoms with E-state index < -0.39 is 18.2 Å². The number of aromatic nitrogens is 3. The highest BCUT2D eigenvalue weighted by Gasteiger charge is 2.37. The van der Waals surface area contributed by atoms with Crippen LogP contribution in [-0.4, -0.2) is 63.6 Å². The zero-order chi connectivity index (χ0) is 21.6. The monoisotopic (exact) mass is 435 g/mol. The number of nitrogens with zero attached hydrogens (tertiary/aromatic N) is 5. The number of rotatable bonds is 4. The van der Waals surface area contributed by atoms with Crippen LogP contribution in [0.15, 0.2) is 27.9 Å². The molecule has 4 rings (SSSR count). The van der Waals surface area contributed by atoms with Gasteiger partial charge < -0.3 is 9.64 Å². The number of hydrogen-bond acceptors (Lipinski definition) is 6. The minimum Gasteiger partial charge on any atom is -0.469 e. The van der Waals surface area contributed by atoms with Crippen LogP contribution in [0, 0.1) is 19.8 Å². The third kappa shape index (κ3) is 3.69. The molecule has 30 heavy (non-hydrogen) atoms. The van der Waals surface area contributed by atoms with Crippen molar-refractivity contribution in [3.8, 4) is 17.0 Å². The van der Waals surface area contributed by atoms with Crippen LogP contribution in [0.1, 0.15) is 11.4 Å². The van der Waals surface area contributed by atoms with Gasteiger partial charge in [-0.05, 0) is 19.4 Å². The molecule has 7 nitrogen and oxygen atoms in total. The number of carbonyl (C=O) groups is 1. The number of aryl methyl sites for hydroxylation is 2. The first-order chi connectivity index (χ1) is 14.2. The largest absolute Gasteiger partial charge is 0.469 e. The molecule has 0 aliphatic carbocycles. The van der Waals surface area contributed by atoms with Crippen LogP contribution in [0.3, 0.4) is 0 Å². The highest BCUT2D eigenvalue weighted by Crippen LogP contribution is 2.31. The molecule has 1 saturated heterocycles. The second-order valence-electron chi connectivity index (χ2n) is 7.36. The predicted molar refractivity (Wildman–Crippen MR) is 108 cm³/mol. The molecule has 1 fully saturated rings. The van der Waals surface area contributed by atoms with E-state index in [1.807, 2.05) is 13.8 Å². The fraction of sp³-hybridized carbons (Fsp3) is 0.400. The maximum Gasteiger partial charge on any atom is 0.216 e. The number of carbonyl (C=O) groups excluding carboxylic acids is 1. The van der Waals surface area contributed by atoms with Crippen LogP contribution >= 0.6 is 11.6 Å². The van der Waals surface area contributed by atoms with Gasteiger partial charge in [0.1, 0.15) is 11.6 Å².